The molecule has 742 valence electrons. The van der Waals surface area contributed by atoms with Gasteiger partial charge in [-0.05, 0) is 153 Å². The van der Waals surface area contributed by atoms with Crippen molar-refractivity contribution in [1.29, 1.82) is 0 Å². The van der Waals surface area contributed by atoms with Gasteiger partial charge < -0.3 is 71.6 Å². The van der Waals surface area contributed by atoms with E-state index in [4.69, 9.17) is 9.47 Å². The lowest BCUT2D eigenvalue weighted by Gasteiger charge is -2.38. The van der Waals surface area contributed by atoms with Crippen molar-refractivity contribution in [1.82, 2.24) is 60.9 Å². The van der Waals surface area contributed by atoms with E-state index in [0.29, 0.717) is 24.0 Å². The van der Waals surface area contributed by atoms with Crippen LogP contribution in [0.2, 0.25) is 0 Å². The van der Waals surface area contributed by atoms with Crippen LogP contribution < -0.4 is 31.9 Å². The molecule has 0 fully saturated rings. The Morgan fingerprint density at radius 1 is 0.507 bits per heavy atom. The zero-order valence-electron chi connectivity index (χ0n) is 81.6. The van der Waals surface area contributed by atoms with Crippen LogP contribution in [0.15, 0.2) is 70.4 Å². The second-order valence-corrected chi connectivity index (χ2v) is 38.7. The number of anilines is 2. The molecule has 0 aliphatic heterocycles. The van der Waals surface area contributed by atoms with Crippen molar-refractivity contribution in [3.63, 3.8) is 0 Å². The number of hydrogen-bond acceptors (Lipinski definition) is 26. The van der Waals surface area contributed by atoms with Crippen LogP contribution in [-0.4, -0.2) is 258 Å². The van der Waals surface area contributed by atoms with Crippen molar-refractivity contribution >= 4 is 144 Å². The Kier molecular flexibility index (Phi) is 47.0. The molecule has 10 N–H and O–H groups in total. The molecule has 0 saturated carbocycles. The summed E-state index contributed by atoms with van der Waals surface area (Å²) in [6.07, 6.45) is 1.40. The smallest absolute Gasteiger partial charge is 0.306 e. The van der Waals surface area contributed by atoms with Crippen molar-refractivity contribution in [2.45, 2.75) is 255 Å². The van der Waals surface area contributed by atoms with Gasteiger partial charge in [0.25, 0.3) is 23.6 Å². The lowest BCUT2D eigenvalue weighted by Crippen LogP contribution is -2.51. The van der Waals surface area contributed by atoms with Crippen LogP contribution in [0.5, 0.6) is 11.5 Å². The Hall–Kier alpha value is -10.9. The number of carbonyl (C=O) groups is 16. The summed E-state index contributed by atoms with van der Waals surface area (Å²) >= 11 is 5.17. The fourth-order valence-electron chi connectivity index (χ4n) is 14.8. The summed E-state index contributed by atoms with van der Waals surface area (Å²) < 4.78 is 11.7. The number of nitrogens with zero attached hydrogens (tertiary/aromatic N) is 8. The number of benzene rings is 2. The van der Waals surface area contributed by atoms with Gasteiger partial charge in [0.2, 0.25) is 35.4 Å². The summed E-state index contributed by atoms with van der Waals surface area (Å²) in [5, 5.41) is 63.4. The van der Waals surface area contributed by atoms with Crippen LogP contribution >= 0.6 is 38.6 Å². The van der Waals surface area contributed by atoms with Gasteiger partial charge in [-0.2, -0.15) is 0 Å². The average Bonchev–Trinajstić information content (AvgIpc) is 1.16. The molecule has 2 heterocycles. The summed E-state index contributed by atoms with van der Waals surface area (Å²) in [6.45, 7) is 28.4. The zero-order valence-corrected chi connectivity index (χ0v) is 84.9. The SMILES string of the molecule is C/C=C/C(=O)N(CCC(=O)NCCC(=O)Nc1cc(C[C@@H](CC(C)C(=O)O)NC(=O)c2csc([C@@H](C[C@H](C(C)C)N(C)C(=O)[C@@H](CC(=O)C(C)(C)N(C)C)[C@@H](C)CC)OC(C)=O)n2)ccc1O)N(CCC(=O)NCCC(=O)Nc1cc(C[C@@H](CC(C)C(=O)O)NC(=O)c2csc([C@@H](C[C@H](C(C)C)N(C)C(=O)[C@H](CC(=O)C(C)(C)N(C)C)[C@@H](C)CC)OC(C)=O)n2)ccc1O)C(=O)/C=C/Br. The fourth-order valence-corrected chi connectivity index (χ4v) is 16.7. The Morgan fingerprint density at radius 3 is 1.16 bits per heavy atom. The maximum Gasteiger partial charge on any atom is 0.306 e. The van der Waals surface area contributed by atoms with Crippen LogP contribution in [0.25, 0.3) is 0 Å². The predicted octanol–water partition coefficient (Wildman–Crippen LogP) is 11.2. The number of carboxylic acids is 2. The van der Waals surface area contributed by atoms with E-state index in [2.05, 4.69) is 57.8 Å². The second-order valence-electron chi connectivity index (χ2n) is 36.4. The third-order valence-corrected chi connectivity index (χ3v) is 26.9. The molecule has 39 heteroatoms. The molecule has 2 aromatic heterocycles. The first-order valence-corrected chi connectivity index (χ1v) is 47.9. The third-order valence-electron chi connectivity index (χ3n) is 24.7. The highest BCUT2D eigenvalue weighted by atomic mass is 79.9. The molecular weight excluding hydrogens is 1830 g/mol. The minimum atomic E-state index is -1.15. The number of phenolic OH excluding ortho intramolecular Hbond substituents is 2. The number of carbonyl (C=O) groups excluding carboxylic acids is 14. The summed E-state index contributed by atoms with van der Waals surface area (Å²) in [4.78, 5) is 233. The van der Waals surface area contributed by atoms with Crippen LogP contribution in [0, 0.1) is 47.3 Å². The molecule has 0 saturated heterocycles. The number of hydrogen-bond donors (Lipinski definition) is 10. The van der Waals surface area contributed by atoms with Gasteiger partial charge in [-0.25, -0.2) is 20.0 Å². The van der Waals surface area contributed by atoms with Gasteiger partial charge >= 0.3 is 23.9 Å². The second kappa shape index (κ2) is 54.6. The molecule has 10 amide bonds. The number of rotatable bonds is 56. The number of esters is 2. The summed E-state index contributed by atoms with van der Waals surface area (Å²) in [7, 11) is 10.6. The molecule has 0 bridgehead atoms. The number of aliphatic carboxylic acids is 2. The summed E-state index contributed by atoms with van der Waals surface area (Å²) in [5.74, 6) is -14.3. The molecule has 12 atom stereocenters. The van der Waals surface area contributed by atoms with Gasteiger partial charge in [-0.15, -0.1) is 22.7 Å². The van der Waals surface area contributed by atoms with Crippen molar-refractivity contribution in [3.05, 3.63) is 103 Å². The van der Waals surface area contributed by atoms with E-state index in [0.717, 1.165) is 44.8 Å². The van der Waals surface area contributed by atoms with Gasteiger partial charge in [-0.1, -0.05) is 116 Å². The van der Waals surface area contributed by atoms with Crippen LogP contribution in [0.1, 0.15) is 249 Å². The predicted molar refractivity (Wildman–Crippen MR) is 513 cm³/mol. The monoisotopic (exact) mass is 1970 g/mol. The van der Waals surface area contributed by atoms with Gasteiger partial charge in [0, 0.05) is 151 Å². The average molecular weight is 1980 g/mol. The van der Waals surface area contributed by atoms with E-state index >= 15 is 0 Å². The molecule has 0 spiro atoms. The number of aromatic nitrogens is 2. The topological polar surface area (TPSA) is 490 Å². The lowest BCUT2D eigenvalue weighted by molar-refractivity contribution is -0.158. The number of carboxylic acid groups (broad SMARTS) is 2. The van der Waals surface area contributed by atoms with E-state index in [-0.39, 0.29) is 169 Å². The molecule has 2 aromatic carbocycles. The number of halogens is 1. The Labute approximate surface area is 803 Å². The number of allylic oxidation sites excluding steroid dienone is 1. The number of nitrogens with one attached hydrogen (secondary N) is 6. The number of thiazole rings is 2. The first-order valence-electron chi connectivity index (χ1n) is 45.2. The molecule has 0 radical (unpaired) electrons. The van der Waals surface area contributed by atoms with Crippen molar-refractivity contribution in [3.8, 4) is 11.5 Å². The van der Waals surface area contributed by atoms with Crippen LogP contribution in [0.3, 0.4) is 0 Å². The quantitative estimate of drug-likeness (QED) is 0.00849. The van der Waals surface area contributed by atoms with E-state index in [1.165, 1.54) is 85.9 Å². The largest absolute Gasteiger partial charge is 0.506 e. The van der Waals surface area contributed by atoms with Gasteiger partial charge in [0.05, 0.1) is 47.4 Å². The highest BCUT2D eigenvalue weighted by Gasteiger charge is 2.43. The molecule has 2 unspecified atom stereocenters. The Morgan fingerprint density at radius 2 is 0.858 bits per heavy atom. The minimum Gasteiger partial charge on any atom is -0.506 e. The molecular formula is C95H141BrN14O22S2. The van der Waals surface area contributed by atoms with Gasteiger partial charge in [0.1, 0.15) is 32.9 Å². The van der Waals surface area contributed by atoms with E-state index in [1.807, 2.05) is 121 Å². The first-order chi connectivity index (χ1) is 62.6. The number of ketones is 2. The summed E-state index contributed by atoms with van der Waals surface area (Å²) in [6, 6.07) is 5.72. The van der Waals surface area contributed by atoms with Gasteiger partial charge in [0.15, 0.2) is 23.8 Å². The molecule has 4 rings (SSSR count). The molecule has 0 aliphatic carbocycles. The molecule has 134 heavy (non-hydrogen) atoms. The minimum absolute atomic E-state index is 0.00813. The standard InChI is InChI=1S/C95H141BrN14O22S2/c1-24-27-84(121)109(40-35-80(117)97-38-33-82(119)101-68-46-62(28-30-74(68)113)44-64(42-58(10)92(127)128)99-86(123)70-52-133-88(103-70)76(131-60(12)111)50-72(54(4)5)107(22)90(125)66(56(8)25-2)48-78(115)94(14,15)105(18)19)110(85(122)32-37-96)41-36-81(118)98-39-34-83(120)102-69-47-63(29-31-75(69)114)45-65(43-59(11)93(129)130)100-87(124)71-53-134-89(104-71)77(132-61(13)112)51-73(55(6)7)108(23)91(126)67(57(9)26-3)49-79(116)95(16,17)106(20)21/h24,27-32,37,46-47,52-59,64-67,72-73,76-77,113-114H,25-26,33-36,38-45,48-51H2,1-23H3,(H,97,117)(H,98,118)(H,99,123)(H,100,124)(H,101,119)(H,102,120)(H,127,128)(H,129,130)/b27-24+,37-32+/t56-,57-,58?,59?,64+,65+,66-,67+,72+,73+,76+,77+/m0/s1. The summed E-state index contributed by atoms with van der Waals surface area (Å²) in [5.41, 5.74) is -1.01. The molecule has 36 nitrogen and oxygen atoms in total. The number of ether oxygens (including phenoxy) is 2. The number of phenols is 2. The first kappa shape index (κ1) is 115. The highest BCUT2D eigenvalue weighted by Crippen LogP contribution is 2.37. The third kappa shape index (κ3) is 35.7. The van der Waals surface area contributed by atoms with E-state index < -0.39 is 168 Å². The number of likely N-dealkylation sites (N-methyl/N-ethyl adjacent to an activating group) is 2. The maximum atomic E-state index is 14.5. The lowest BCUT2D eigenvalue weighted by atomic mass is 9.81. The van der Waals surface area contributed by atoms with Crippen LogP contribution in [0.4, 0.5) is 11.4 Å². The van der Waals surface area contributed by atoms with Crippen molar-refractivity contribution < 1.29 is 107 Å². The maximum absolute atomic E-state index is 14.5. The Balaban J connectivity index is 1.40. The Bertz CT molecular complexity index is 4500. The fraction of sp³-hybridized carbons (Fsp3) is 0.600. The van der Waals surface area contributed by atoms with Crippen LogP contribution in [-0.2, 0) is 89.4 Å². The van der Waals surface area contributed by atoms with E-state index in [1.54, 1.807) is 30.8 Å². The van der Waals surface area contributed by atoms with Crippen molar-refractivity contribution in [2.24, 2.45) is 47.3 Å². The van der Waals surface area contributed by atoms with Crippen molar-refractivity contribution in [2.75, 3.05) is 79.1 Å². The number of aromatic hydroxyl groups is 2. The molecule has 0 aliphatic rings. The zero-order chi connectivity index (χ0) is 101. The highest BCUT2D eigenvalue weighted by molar-refractivity contribution is 9.11. The normalized spacial score (nSPS) is 14.5. The number of amides is 10. The number of hydrazine groups is 1. The molecule has 4 aromatic rings. The van der Waals surface area contributed by atoms with Gasteiger partial charge in [-0.3, -0.25) is 86.5 Å². The van der Waals surface area contributed by atoms with E-state index in [9.17, 15) is 97.1 Å². The number of Topliss-reactive ketones (excluding diaryl/α,β-unsaturated/α-hetero) is 2.